The maximum atomic E-state index is 10.2. The first-order valence-corrected chi connectivity index (χ1v) is 23.7. The molecule has 302 valence electrons. The minimum atomic E-state index is -0.0476. The summed E-state index contributed by atoms with van der Waals surface area (Å²) in [7, 11) is 0. The topological polar surface area (TPSA) is 43.7 Å². The average molecular weight is 708 g/mol. The van der Waals surface area contributed by atoms with Gasteiger partial charge >= 0.3 is 0 Å². The average Bonchev–Trinajstić information content (AvgIpc) is 3.12. The Morgan fingerprint density at radius 3 is 0.680 bits per heavy atom. The minimum Gasteiger partial charge on any atom is -0.393 e. The Morgan fingerprint density at radius 2 is 0.440 bits per heavy atom. The number of nitrogens with zero attached hydrogens (tertiary/aromatic N) is 1. The molecular formula is C47H97NO2. The van der Waals surface area contributed by atoms with Crippen molar-refractivity contribution in [3.63, 3.8) is 0 Å². The fourth-order valence-electron chi connectivity index (χ4n) is 7.79. The van der Waals surface area contributed by atoms with Crippen molar-refractivity contribution in [2.45, 2.75) is 283 Å². The van der Waals surface area contributed by atoms with E-state index in [9.17, 15) is 10.2 Å². The van der Waals surface area contributed by atoms with Crippen LogP contribution in [-0.2, 0) is 0 Å². The van der Waals surface area contributed by atoms with E-state index in [2.05, 4.69) is 25.7 Å². The number of unbranched alkanes of at least 4 members (excludes halogenated alkanes) is 30. The van der Waals surface area contributed by atoms with Crippen molar-refractivity contribution in [2.24, 2.45) is 0 Å². The summed E-state index contributed by atoms with van der Waals surface area (Å²) in [5, 5.41) is 20.4. The summed E-state index contributed by atoms with van der Waals surface area (Å²) in [4.78, 5) is 2.83. The van der Waals surface area contributed by atoms with Gasteiger partial charge in [-0.3, -0.25) is 0 Å². The first-order valence-electron chi connectivity index (χ1n) is 23.7. The van der Waals surface area contributed by atoms with Crippen LogP contribution in [0.5, 0.6) is 0 Å². The number of rotatable bonds is 44. The Kier molecular flexibility index (Phi) is 43.2. The van der Waals surface area contributed by atoms with Crippen LogP contribution < -0.4 is 0 Å². The molecule has 0 spiro atoms. The molecule has 2 unspecified atom stereocenters. The second kappa shape index (κ2) is 43.3. The van der Waals surface area contributed by atoms with Crippen LogP contribution >= 0.6 is 0 Å². The molecule has 2 atom stereocenters. The third-order valence-corrected chi connectivity index (χ3v) is 11.4. The lowest BCUT2D eigenvalue weighted by Gasteiger charge is -2.22. The molecule has 0 radical (unpaired) electrons. The van der Waals surface area contributed by atoms with Crippen LogP contribution in [0.2, 0.25) is 0 Å². The van der Waals surface area contributed by atoms with Gasteiger partial charge in [0.2, 0.25) is 0 Å². The smallest absolute Gasteiger partial charge is 0.0540 e. The lowest BCUT2D eigenvalue weighted by Crippen LogP contribution is -2.27. The zero-order valence-electron chi connectivity index (χ0n) is 35.2. The van der Waals surface area contributed by atoms with Gasteiger partial charge in [0, 0.05) is 0 Å². The van der Waals surface area contributed by atoms with E-state index in [1.165, 1.54) is 244 Å². The summed E-state index contributed by atoms with van der Waals surface area (Å²) >= 11 is 0. The minimum absolute atomic E-state index is 0.0476. The van der Waals surface area contributed by atoms with E-state index in [0.29, 0.717) is 0 Å². The standard InChI is InChI=1S/C47H97NO2/c1-4-7-10-13-14-19-24-29-36-43-48(44-37-30-25-20-15-17-22-27-34-41-46(49)39-32-11-8-5-2)45-38-31-26-21-16-18-23-28-35-42-47(50)40-33-12-9-6-3/h46-47,49-50H,4-45H2,1-3H3. The van der Waals surface area contributed by atoms with E-state index in [1.807, 2.05) is 0 Å². The van der Waals surface area contributed by atoms with Gasteiger partial charge in [0.1, 0.15) is 0 Å². The highest BCUT2D eigenvalue weighted by Crippen LogP contribution is 2.17. The maximum absolute atomic E-state index is 10.2. The third-order valence-electron chi connectivity index (χ3n) is 11.4. The van der Waals surface area contributed by atoms with Crippen LogP contribution in [0.1, 0.15) is 271 Å². The lowest BCUT2D eigenvalue weighted by molar-refractivity contribution is 0.147. The molecule has 0 aliphatic heterocycles. The summed E-state index contributed by atoms with van der Waals surface area (Å²) in [6.07, 6.45) is 51.7. The lowest BCUT2D eigenvalue weighted by atomic mass is 10.0. The van der Waals surface area contributed by atoms with E-state index in [-0.39, 0.29) is 12.2 Å². The van der Waals surface area contributed by atoms with Gasteiger partial charge in [-0.2, -0.15) is 0 Å². The molecule has 0 amide bonds. The summed E-state index contributed by atoms with van der Waals surface area (Å²) < 4.78 is 0. The molecule has 0 aliphatic carbocycles. The van der Waals surface area contributed by atoms with E-state index >= 15 is 0 Å². The molecule has 0 aromatic carbocycles. The first-order chi connectivity index (χ1) is 24.6. The Labute approximate surface area is 317 Å². The van der Waals surface area contributed by atoms with Gasteiger partial charge in [-0.05, 0) is 64.6 Å². The van der Waals surface area contributed by atoms with Crippen molar-refractivity contribution in [1.29, 1.82) is 0 Å². The number of hydrogen-bond donors (Lipinski definition) is 2. The molecule has 2 N–H and O–H groups in total. The SMILES string of the molecule is CCCCCCCCCCCN(CCCCCCCCCCCC(O)CCCCCC)CCCCCCCCCCCC(O)CCCCCC. The Bertz CT molecular complexity index is 558. The second-order valence-corrected chi connectivity index (χ2v) is 16.6. The van der Waals surface area contributed by atoms with E-state index in [0.717, 1.165) is 25.7 Å². The van der Waals surface area contributed by atoms with Crippen molar-refractivity contribution in [3.05, 3.63) is 0 Å². The highest BCUT2D eigenvalue weighted by molar-refractivity contribution is 4.62. The first kappa shape index (κ1) is 49.9. The molecule has 0 rings (SSSR count). The van der Waals surface area contributed by atoms with Crippen molar-refractivity contribution in [2.75, 3.05) is 19.6 Å². The van der Waals surface area contributed by atoms with Gasteiger partial charge in [-0.15, -0.1) is 0 Å². The third kappa shape index (κ3) is 40.6. The zero-order chi connectivity index (χ0) is 36.4. The van der Waals surface area contributed by atoms with Crippen LogP contribution in [0.15, 0.2) is 0 Å². The van der Waals surface area contributed by atoms with Gasteiger partial charge in [-0.1, -0.05) is 226 Å². The highest BCUT2D eigenvalue weighted by atomic mass is 16.3. The van der Waals surface area contributed by atoms with Crippen LogP contribution in [0.4, 0.5) is 0 Å². The summed E-state index contributed by atoms with van der Waals surface area (Å²) in [6.45, 7) is 10.8. The molecule has 0 heterocycles. The molecule has 0 bridgehead atoms. The largest absolute Gasteiger partial charge is 0.393 e. The Morgan fingerprint density at radius 1 is 0.260 bits per heavy atom. The summed E-state index contributed by atoms with van der Waals surface area (Å²) in [6, 6.07) is 0. The number of aliphatic hydroxyl groups excluding tert-OH is 2. The number of aliphatic hydroxyl groups is 2. The molecule has 0 aromatic rings. The van der Waals surface area contributed by atoms with E-state index in [4.69, 9.17) is 0 Å². The fourth-order valence-corrected chi connectivity index (χ4v) is 7.79. The second-order valence-electron chi connectivity index (χ2n) is 16.6. The van der Waals surface area contributed by atoms with Gasteiger partial charge < -0.3 is 15.1 Å². The van der Waals surface area contributed by atoms with E-state index < -0.39 is 0 Å². The molecule has 0 saturated carbocycles. The molecule has 3 nitrogen and oxygen atoms in total. The zero-order valence-corrected chi connectivity index (χ0v) is 35.2. The summed E-state index contributed by atoms with van der Waals surface area (Å²) in [5.41, 5.74) is 0. The van der Waals surface area contributed by atoms with Crippen LogP contribution in [0.25, 0.3) is 0 Å². The Balaban J connectivity index is 3.93. The molecule has 0 fully saturated rings. The molecular weight excluding hydrogens is 611 g/mol. The number of hydrogen-bond acceptors (Lipinski definition) is 3. The highest BCUT2D eigenvalue weighted by Gasteiger charge is 2.07. The monoisotopic (exact) mass is 708 g/mol. The van der Waals surface area contributed by atoms with E-state index in [1.54, 1.807) is 0 Å². The van der Waals surface area contributed by atoms with Crippen molar-refractivity contribution >= 4 is 0 Å². The maximum Gasteiger partial charge on any atom is 0.0540 e. The van der Waals surface area contributed by atoms with Crippen molar-refractivity contribution in [3.8, 4) is 0 Å². The quantitative estimate of drug-likeness (QED) is 0.0620. The molecule has 0 aliphatic rings. The van der Waals surface area contributed by atoms with Crippen molar-refractivity contribution < 1.29 is 10.2 Å². The molecule has 0 saturated heterocycles. The predicted molar refractivity (Wildman–Crippen MR) is 226 cm³/mol. The molecule has 50 heavy (non-hydrogen) atoms. The summed E-state index contributed by atoms with van der Waals surface area (Å²) in [5.74, 6) is 0. The van der Waals surface area contributed by atoms with Crippen LogP contribution in [0.3, 0.4) is 0 Å². The van der Waals surface area contributed by atoms with Gasteiger partial charge in [-0.25, -0.2) is 0 Å². The predicted octanol–water partition coefficient (Wildman–Crippen LogP) is 15.3. The molecule has 3 heteroatoms. The fraction of sp³-hybridized carbons (Fsp3) is 1.00. The van der Waals surface area contributed by atoms with Crippen molar-refractivity contribution in [1.82, 2.24) is 4.90 Å². The normalized spacial score (nSPS) is 13.1. The Hall–Kier alpha value is -0.120. The van der Waals surface area contributed by atoms with Gasteiger partial charge in [0.05, 0.1) is 12.2 Å². The van der Waals surface area contributed by atoms with Gasteiger partial charge in [0.15, 0.2) is 0 Å². The molecule has 0 aromatic heterocycles. The van der Waals surface area contributed by atoms with Gasteiger partial charge in [0.25, 0.3) is 0 Å². The van der Waals surface area contributed by atoms with Crippen LogP contribution in [0, 0.1) is 0 Å². The van der Waals surface area contributed by atoms with Crippen LogP contribution in [-0.4, -0.2) is 47.0 Å².